The lowest BCUT2D eigenvalue weighted by Gasteiger charge is -2.27. The second-order valence-corrected chi connectivity index (χ2v) is 5.11. The summed E-state index contributed by atoms with van der Waals surface area (Å²) < 4.78 is 10.8. The number of rotatable bonds is 6. The van der Waals surface area contributed by atoms with Crippen molar-refractivity contribution in [2.45, 2.75) is 63.2 Å². The van der Waals surface area contributed by atoms with Gasteiger partial charge in [-0.3, -0.25) is 4.79 Å². The molecule has 2 aliphatic carbocycles. The number of nitrogens with one attached hydrogen (secondary N) is 1. The molecular weight excluding hydrogens is 218 g/mol. The maximum atomic E-state index is 11.6. The molecule has 98 valence electrons. The molecule has 2 atom stereocenters. The highest BCUT2D eigenvalue weighted by Crippen LogP contribution is 2.23. The maximum absolute atomic E-state index is 11.6. The van der Waals surface area contributed by atoms with Crippen LogP contribution in [-0.2, 0) is 14.3 Å². The van der Waals surface area contributed by atoms with Gasteiger partial charge in [0.15, 0.2) is 0 Å². The van der Waals surface area contributed by atoms with Crippen molar-refractivity contribution in [3.05, 3.63) is 0 Å². The van der Waals surface area contributed by atoms with E-state index in [2.05, 4.69) is 5.32 Å². The molecule has 0 aromatic carbocycles. The first kappa shape index (κ1) is 12.8. The number of methoxy groups -OCH3 is 1. The molecule has 0 heterocycles. The Morgan fingerprint density at radius 2 is 2.00 bits per heavy atom. The molecule has 0 aromatic heterocycles. The third kappa shape index (κ3) is 4.64. The van der Waals surface area contributed by atoms with Crippen molar-refractivity contribution in [2.75, 3.05) is 13.7 Å². The zero-order valence-corrected chi connectivity index (χ0v) is 10.6. The van der Waals surface area contributed by atoms with E-state index in [0.29, 0.717) is 12.5 Å². The maximum Gasteiger partial charge on any atom is 0.307 e. The summed E-state index contributed by atoms with van der Waals surface area (Å²) in [6.07, 6.45) is 7.38. The molecular formula is C13H23NO3. The molecule has 2 saturated carbocycles. The van der Waals surface area contributed by atoms with E-state index in [4.69, 9.17) is 9.47 Å². The molecule has 2 unspecified atom stereocenters. The molecule has 2 rings (SSSR count). The molecule has 0 saturated heterocycles. The predicted octanol–water partition coefficient (Wildman–Crippen LogP) is 1.63. The number of carbonyl (C=O) groups is 1. The lowest BCUT2D eigenvalue weighted by molar-refractivity contribution is -0.152. The van der Waals surface area contributed by atoms with E-state index in [1.807, 2.05) is 0 Å². The second-order valence-electron chi connectivity index (χ2n) is 5.11. The fraction of sp³-hybridized carbons (Fsp3) is 0.923. The number of esters is 1. The van der Waals surface area contributed by atoms with E-state index < -0.39 is 0 Å². The Bertz CT molecular complexity index is 253. The lowest BCUT2D eigenvalue weighted by Crippen LogP contribution is -2.30. The Hall–Kier alpha value is -0.610. The van der Waals surface area contributed by atoms with Gasteiger partial charge in [-0.15, -0.1) is 0 Å². The zero-order valence-electron chi connectivity index (χ0n) is 10.6. The van der Waals surface area contributed by atoms with Crippen molar-refractivity contribution in [3.8, 4) is 0 Å². The summed E-state index contributed by atoms with van der Waals surface area (Å²) in [6.45, 7) is 0.754. The predicted molar refractivity (Wildman–Crippen MR) is 64.8 cm³/mol. The lowest BCUT2D eigenvalue weighted by atomic mass is 9.95. The van der Waals surface area contributed by atoms with E-state index >= 15 is 0 Å². The highest BCUT2D eigenvalue weighted by molar-refractivity contribution is 5.69. The van der Waals surface area contributed by atoms with Crippen LogP contribution in [0.25, 0.3) is 0 Å². The van der Waals surface area contributed by atoms with Crippen LogP contribution in [0.15, 0.2) is 0 Å². The number of ether oxygens (including phenoxy) is 2. The molecule has 1 N–H and O–H groups in total. The van der Waals surface area contributed by atoms with Crippen LogP contribution in [0.2, 0.25) is 0 Å². The smallest absolute Gasteiger partial charge is 0.307 e. The molecule has 0 radical (unpaired) electrons. The second kappa shape index (κ2) is 6.36. The Kier molecular flexibility index (Phi) is 4.80. The first-order valence-electron chi connectivity index (χ1n) is 6.73. The van der Waals surface area contributed by atoms with Gasteiger partial charge < -0.3 is 14.8 Å². The fourth-order valence-electron chi connectivity index (χ4n) is 2.33. The fourth-order valence-corrected chi connectivity index (χ4v) is 2.33. The molecule has 0 spiro atoms. The summed E-state index contributed by atoms with van der Waals surface area (Å²) in [5, 5.41) is 3.32. The average Bonchev–Trinajstić information content (AvgIpc) is 3.13. The van der Waals surface area contributed by atoms with Crippen molar-refractivity contribution in [2.24, 2.45) is 0 Å². The molecule has 0 aromatic rings. The average molecular weight is 241 g/mol. The quantitative estimate of drug-likeness (QED) is 0.718. The topological polar surface area (TPSA) is 47.6 Å². The minimum absolute atomic E-state index is 0.0695. The molecule has 2 fully saturated rings. The van der Waals surface area contributed by atoms with E-state index in [0.717, 1.165) is 32.2 Å². The van der Waals surface area contributed by atoms with E-state index in [1.165, 1.54) is 12.8 Å². The van der Waals surface area contributed by atoms with E-state index in [9.17, 15) is 4.79 Å². The third-order valence-electron chi connectivity index (χ3n) is 3.55. The van der Waals surface area contributed by atoms with Gasteiger partial charge in [0, 0.05) is 26.1 Å². The van der Waals surface area contributed by atoms with Gasteiger partial charge in [0.05, 0.1) is 12.5 Å². The summed E-state index contributed by atoms with van der Waals surface area (Å²) in [4.78, 5) is 11.6. The summed E-state index contributed by atoms with van der Waals surface area (Å²) in [7, 11) is 1.73. The standard InChI is InChI=1S/C13H23NO3/c1-16-11-3-2-4-12(9-11)17-13(15)7-8-14-10-5-6-10/h10-12,14H,2-9H2,1H3. The van der Waals surface area contributed by atoms with Gasteiger partial charge in [0.25, 0.3) is 0 Å². The summed E-state index contributed by atoms with van der Waals surface area (Å²) in [5.74, 6) is -0.0695. The summed E-state index contributed by atoms with van der Waals surface area (Å²) in [6, 6.07) is 0.662. The van der Waals surface area contributed by atoms with Crippen molar-refractivity contribution in [1.82, 2.24) is 5.32 Å². The minimum Gasteiger partial charge on any atom is -0.462 e. The van der Waals surface area contributed by atoms with Gasteiger partial charge in [-0.25, -0.2) is 0 Å². The monoisotopic (exact) mass is 241 g/mol. The van der Waals surface area contributed by atoms with Crippen LogP contribution in [0.3, 0.4) is 0 Å². The summed E-state index contributed by atoms with van der Waals surface area (Å²) in [5.41, 5.74) is 0. The largest absolute Gasteiger partial charge is 0.462 e. The van der Waals surface area contributed by atoms with Crippen molar-refractivity contribution >= 4 is 5.97 Å². The highest BCUT2D eigenvalue weighted by Gasteiger charge is 2.25. The van der Waals surface area contributed by atoms with Crippen LogP contribution >= 0.6 is 0 Å². The van der Waals surface area contributed by atoms with Crippen LogP contribution in [-0.4, -0.2) is 37.9 Å². The first-order chi connectivity index (χ1) is 8.28. The van der Waals surface area contributed by atoms with Crippen LogP contribution in [0, 0.1) is 0 Å². The third-order valence-corrected chi connectivity index (χ3v) is 3.55. The Morgan fingerprint density at radius 3 is 2.71 bits per heavy atom. The van der Waals surface area contributed by atoms with Gasteiger partial charge in [0.2, 0.25) is 0 Å². The Balaban J connectivity index is 1.59. The zero-order chi connectivity index (χ0) is 12.1. The van der Waals surface area contributed by atoms with Crippen LogP contribution in [0.1, 0.15) is 44.9 Å². The van der Waals surface area contributed by atoms with E-state index in [-0.39, 0.29) is 18.2 Å². The molecule has 2 aliphatic rings. The van der Waals surface area contributed by atoms with Crippen LogP contribution in [0.4, 0.5) is 0 Å². The van der Waals surface area contributed by atoms with Crippen LogP contribution < -0.4 is 5.32 Å². The highest BCUT2D eigenvalue weighted by atomic mass is 16.5. The van der Waals surface area contributed by atoms with Gasteiger partial charge in [-0.05, 0) is 32.1 Å². The van der Waals surface area contributed by atoms with Gasteiger partial charge >= 0.3 is 5.97 Å². The molecule has 0 aliphatic heterocycles. The van der Waals surface area contributed by atoms with Crippen molar-refractivity contribution < 1.29 is 14.3 Å². The van der Waals surface area contributed by atoms with Crippen LogP contribution in [0.5, 0.6) is 0 Å². The van der Waals surface area contributed by atoms with Crippen molar-refractivity contribution in [1.29, 1.82) is 0 Å². The molecule has 0 amide bonds. The molecule has 17 heavy (non-hydrogen) atoms. The number of hydrogen-bond donors (Lipinski definition) is 1. The SMILES string of the molecule is COC1CCCC(OC(=O)CCNC2CC2)C1. The first-order valence-corrected chi connectivity index (χ1v) is 6.73. The number of hydrogen-bond acceptors (Lipinski definition) is 4. The number of carbonyl (C=O) groups excluding carboxylic acids is 1. The Labute approximate surface area is 103 Å². The molecule has 4 heteroatoms. The van der Waals surface area contributed by atoms with E-state index in [1.54, 1.807) is 7.11 Å². The van der Waals surface area contributed by atoms with Gasteiger partial charge in [-0.2, -0.15) is 0 Å². The molecule has 4 nitrogen and oxygen atoms in total. The normalized spacial score (nSPS) is 29.0. The summed E-state index contributed by atoms with van der Waals surface area (Å²) >= 11 is 0. The Morgan fingerprint density at radius 1 is 1.24 bits per heavy atom. The minimum atomic E-state index is -0.0695. The van der Waals surface area contributed by atoms with Gasteiger partial charge in [0.1, 0.15) is 6.10 Å². The van der Waals surface area contributed by atoms with Crippen molar-refractivity contribution in [3.63, 3.8) is 0 Å². The molecule has 0 bridgehead atoms. The van der Waals surface area contributed by atoms with Gasteiger partial charge in [-0.1, -0.05) is 0 Å².